The number of ether oxygens (including phenoxy) is 2. The fraction of sp³-hybridized carbons (Fsp3) is 0.929. The summed E-state index contributed by atoms with van der Waals surface area (Å²) in [5.74, 6) is 0.369. The third-order valence-corrected chi connectivity index (χ3v) is 2.19. The van der Waals surface area contributed by atoms with Crippen LogP contribution < -0.4 is 0 Å². The third-order valence-electron chi connectivity index (χ3n) is 2.19. The van der Waals surface area contributed by atoms with E-state index in [0.29, 0.717) is 26.2 Å². The van der Waals surface area contributed by atoms with Crippen LogP contribution in [0.1, 0.15) is 34.1 Å². The Kier molecular flexibility index (Phi) is 16.1. The van der Waals surface area contributed by atoms with E-state index in [1.54, 1.807) is 0 Å². The molecule has 0 heterocycles. The van der Waals surface area contributed by atoms with Crippen LogP contribution in [-0.2, 0) is 14.3 Å². The quantitative estimate of drug-likeness (QED) is 0.565. The average Bonchev–Trinajstić information content (AvgIpc) is 2.34. The molecular weight excluding hydrogens is 230 g/mol. The van der Waals surface area contributed by atoms with Crippen LogP contribution >= 0.6 is 0 Å². The van der Waals surface area contributed by atoms with Crippen LogP contribution in [0.5, 0.6) is 0 Å². The van der Waals surface area contributed by atoms with Crippen molar-refractivity contribution >= 4 is 5.78 Å². The molecule has 4 nitrogen and oxygen atoms in total. The lowest BCUT2D eigenvalue weighted by Gasteiger charge is -2.10. The number of hydrogen-bond acceptors (Lipinski definition) is 4. The van der Waals surface area contributed by atoms with Crippen LogP contribution in [0, 0.1) is 5.92 Å². The minimum Gasteiger partial charge on any atom is -0.379 e. The predicted octanol–water partition coefficient (Wildman–Crippen LogP) is 2.22. The molecule has 0 rings (SSSR count). The van der Waals surface area contributed by atoms with Gasteiger partial charge in [-0.05, 0) is 14.1 Å². The van der Waals surface area contributed by atoms with E-state index in [0.717, 1.165) is 13.2 Å². The molecule has 0 aromatic rings. The Balaban J connectivity index is 0. The smallest absolute Gasteiger partial charge is 0.137 e. The molecule has 0 aromatic carbocycles. The second-order valence-electron chi connectivity index (χ2n) is 4.40. The van der Waals surface area contributed by atoms with Gasteiger partial charge in [0.2, 0.25) is 0 Å². The third kappa shape index (κ3) is 15.6. The molecular formula is C14H31NO3. The molecule has 0 aromatic heterocycles. The summed E-state index contributed by atoms with van der Waals surface area (Å²) in [7, 11) is 4.02. The number of nitrogens with zero attached hydrogens (tertiary/aromatic N) is 1. The van der Waals surface area contributed by atoms with Gasteiger partial charge in [-0.3, -0.25) is 4.79 Å². The van der Waals surface area contributed by atoms with E-state index in [9.17, 15) is 4.79 Å². The van der Waals surface area contributed by atoms with Crippen molar-refractivity contribution in [3.8, 4) is 0 Å². The van der Waals surface area contributed by atoms with Crippen molar-refractivity contribution < 1.29 is 14.3 Å². The fourth-order valence-electron chi connectivity index (χ4n) is 1.03. The first-order chi connectivity index (χ1) is 8.54. The highest BCUT2D eigenvalue weighted by Gasteiger charge is 2.05. The zero-order valence-electron chi connectivity index (χ0n) is 13.0. The monoisotopic (exact) mass is 261 g/mol. The molecule has 0 saturated carbocycles. The predicted molar refractivity (Wildman–Crippen MR) is 76.0 cm³/mol. The van der Waals surface area contributed by atoms with Crippen molar-refractivity contribution in [3.63, 3.8) is 0 Å². The lowest BCUT2D eigenvalue weighted by molar-refractivity contribution is -0.123. The van der Waals surface area contributed by atoms with Gasteiger partial charge in [-0.2, -0.15) is 0 Å². The van der Waals surface area contributed by atoms with Crippen LogP contribution in [0.2, 0.25) is 0 Å². The zero-order chi connectivity index (χ0) is 14.4. The molecule has 0 atom stereocenters. The number of likely N-dealkylation sites (N-methyl/N-ethyl adjacent to an activating group) is 1. The Bertz CT molecular complexity index is 182. The van der Waals surface area contributed by atoms with E-state index in [2.05, 4.69) is 4.90 Å². The Labute approximate surface area is 113 Å². The first-order valence-corrected chi connectivity index (χ1v) is 6.87. The molecule has 0 spiro atoms. The molecule has 0 fully saturated rings. The highest BCUT2D eigenvalue weighted by molar-refractivity contribution is 5.80. The summed E-state index contributed by atoms with van der Waals surface area (Å²) in [6.45, 7) is 11.1. The van der Waals surface area contributed by atoms with Crippen molar-refractivity contribution in [2.45, 2.75) is 34.1 Å². The van der Waals surface area contributed by atoms with Crippen LogP contribution in [-0.4, -0.2) is 57.8 Å². The van der Waals surface area contributed by atoms with Gasteiger partial charge in [0.25, 0.3) is 0 Å². The van der Waals surface area contributed by atoms with Gasteiger partial charge in [-0.15, -0.1) is 0 Å². The highest BCUT2D eigenvalue weighted by Crippen LogP contribution is 1.98. The van der Waals surface area contributed by atoms with Gasteiger partial charge < -0.3 is 14.4 Å². The molecule has 0 saturated heterocycles. The molecule has 18 heavy (non-hydrogen) atoms. The number of hydrogen-bond donors (Lipinski definition) is 0. The first-order valence-electron chi connectivity index (χ1n) is 6.87. The Morgan fingerprint density at radius 2 is 1.50 bits per heavy atom. The van der Waals surface area contributed by atoms with Crippen molar-refractivity contribution in [1.29, 1.82) is 0 Å². The van der Waals surface area contributed by atoms with Crippen LogP contribution in [0.3, 0.4) is 0 Å². The van der Waals surface area contributed by atoms with E-state index in [4.69, 9.17) is 9.47 Å². The molecule has 0 radical (unpaired) electrons. The molecule has 0 bridgehead atoms. The topological polar surface area (TPSA) is 38.8 Å². The SMILES string of the molecule is CC.CC(C)C(=O)CCOCCOCCN(C)C. The minimum absolute atomic E-state index is 0.111. The summed E-state index contributed by atoms with van der Waals surface area (Å²) in [5.41, 5.74) is 0. The zero-order valence-corrected chi connectivity index (χ0v) is 13.0. The molecule has 4 heteroatoms. The molecule has 0 aliphatic heterocycles. The van der Waals surface area contributed by atoms with E-state index in [1.165, 1.54) is 0 Å². The van der Waals surface area contributed by atoms with Gasteiger partial charge >= 0.3 is 0 Å². The Hall–Kier alpha value is -0.450. The minimum atomic E-state index is 0.111. The second kappa shape index (κ2) is 14.6. The maximum atomic E-state index is 11.2. The van der Waals surface area contributed by atoms with Crippen LogP contribution in [0.15, 0.2) is 0 Å². The van der Waals surface area contributed by atoms with E-state index < -0.39 is 0 Å². The Morgan fingerprint density at radius 3 is 1.94 bits per heavy atom. The summed E-state index contributed by atoms with van der Waals surface area (Å²) in [6.07, 6.45) is 0.509. The number of carbonyl (C=O) groups excluding carboxylic acids is 1. The Morgan fingerprint density at radius 1 is 1.00 bits per heavy atom. The van der Waals surface area contributed by atoms with Gasteiger partial charge in [-0.1, -0.05) is 27.7 Å². The van der Waals surface area contributed by atoms with Crippen LogP contribution in [0.25, 0.3) is 0 Å². The molecule has 110 valence electrons. The lowest BCUT2D eigenvalue weighted by Crippen LogP contribution is -2.19. The number of ketones is 1. The van der Waals surface area contributed by atoms with Crippen molar-refractivity contribution in [2.24, 2.45) is 5.92 Å². The van der Waals surface area contributed by atoms with Gasteiger partial charge in [-0.25, -0.2) is 0 Å². The molecule has 0 aliphatic rings. The lowest BCUT2D eigenvalue weighted by atomic mass is 10.1. The molecule has 0 N–H and O–H groups in total. The van der Waals surface area contributed by atoms with Gasteiger partial charge in [0.15, 0.2) is 0 Å². The van der Waals surface area contributed by atoms with Crippen molar-refractivity contribution in [2.75, 3.05) is 47.1 Å². The van der Waals surface area contributed by atoms with Crippen molar-refractivity contribution in [1.82, 2.24) is 4.90 Å². The standard InChI is InChI=1S/C12H25NO3.C2H6/c1-11(2)12(14)5-7-15-9-10-16-8-6-13(3)4;1-2/h11H,5-10H2,1-4H3;1-2H3. The molecule has 0 amide bonds. The highest BCUT2D eigenvalue weighted by atomic mass is 16.5. The average molecular weight is 261 g/mol. The molecule has 0 aliphatic carbocycles. The van der Waals surface area contributed by atoms with Crippen LogP contribution in [0.4, 0.5) is 0 Å². The van der Waals surface area contributed by atoms with Gasteiger partial charge in [0.05, 0.1) is 26.4 Å². The van der Waals surface area contributed by atoms with Crippen molar-refractivity contribution in [3.05, 3.63) is 0 Å². The summed E-state index contributed by atoms with van der Waals surface area (Å²) < 4.78 is 10.6. The second-order valence-corrected chi connectivity index (χ2v) is 4.40. The summed E-state index contributed by atoms with van der Waals surface area (Å²) >= 11 is 0. The first kappa shape index (κ1) is 19.9. The maximum Gasteiger partial charge on any atom is 0.137 e. The fourth-order valence-corrected chi connectivity index (χ4v) is 1.03. The summed E-state index contributed by atoms with van der Waals surface area (Å²) in [5, 5.41) is 0. The van der Waals surface area contributed by atoms with E-state index in [1.807, 2.05) is 41.8 Å². The normalized spacial score (nSPS) is 10.4. The summed E-state index contributed by atoms with van der Waals surface area (Å²) in [6, 6.07) is 0. The van der Waals surface area contributed by atoms with Gasteiger partial charge in [0, 0.05) is 18.9 Å². The number of Topliss-reactive ketones (excluding diaryl/α,β-unsaturated/α-hetero) is 1. The molecule has 0 unspecified atom stereocenters. The van der Waals surface area contributed by atoms with E-state index in [-0.39, 0.29) is 11.7 Å². The number of rotatable bonds is 10. The number of carbonyl (C=O) groups is 1. The van der Waals surface area contributed by atoms with E-state index >= 15 is 0 Å². The maximum absolute atomic E-state index is 11.2. The summed E-state index contributed by atoms with van der Waals surface area (Å²) in [4.78, 5) is 13.3. The van der Waals surface area contributed by atoms with Gasteiger partial charge in [0.1, 0.15) is 5.78 Å². The largest absolute Gasteiger partial charge is 0.379 e.